The van der Waals surface area contributed by atoms with Gasteiger partial charge in [-0.05, 0) is 13.8 Å². The number of ether oxygens (including phenoxy) is 5. The number of carbonyl (C=O) groups excluding carboxylic acids is 1. The van der Waals surface area contributed by atoms with E-state index < -0.39 is 130 Å². The molecule has 0 aromatic carbocycles. The molecular weight excluding hydrogens is 574 g/mol. The molecule has 1 amide bonds. The summed E-state index contributed by atoms with van der Waals surface area (Å²) in [4.78, 5) is 24.2. The van der Waals surface area contributed by atoms with Gasteiger partial charge in [0.15, 0.2) is 12.6 Å². The summed E-state index contributed by atoms with van der Waals surface area (Å²) in [6.45, 7) is 1.53. The molecule has 2 heterocycles. The fourth-order valence-electron chi connectivity index (χ4n) is 4.71. The summed E-state index contributed by atoms with van der Waals surface area (Å²) in [5.41, 5.74) is 0. The standard InChI is InChI=1S/C24H43NO17/c1-9(15(7-27)38-10(2)21(34)35)39-22-19(33)20(18(32)16(8-28)40-22)42-24(23(36)37)5-13(31)17(25-11(3)29)14(41-24)4-12(30)6-26/h9-10,12-22,26-28,30-35H,4-8H2,1-3H3,(H,25,29)(H,36,37)/t9-,10?,12-,13+,14?,15?,16?,17?,18?,19?,20?,22?,24-/m0/s1. The molecular formula is C24H43NO17. The van der Waals surface area contributed by atoms with Crippen LogP contribution in [0.15, 0.2) is 0 Å². The van der Waals surface area contributed by atoms with E-state index in [-0.39, 0.29) is 0 Å². The van der Waals surface area contributed by atoms with Crippen LogP contribution in [0.2, 0.25) is 0 Å². The average Bonchev–Trinajstić information content (AvgIpc) is 2.92. The second kappa shape index (κ2) is 15.9. The normalized spacial score (nSPS) is 36.7. The number of aliphatic carboxylic acids is 1. The van der Waals surface area contributed by atoms with E-state index in [1.807, 2.05) is 0 Å². The van der Waals surface area contributed by atoms with E-state index in [2.05, 4.69) is 5.32 Å². The average molecular weight is 618 g/mol. The Morgan fingerprint density at radius 3 is 2.14 bits per heavy atom. The first kappa shape index (κ1) is 36.6. The smallest absolute Gasteiger partial charge is 0.364 e. The van der Waals surface area contributed by atoms with Crippen molar-refractivity contribution in [1.82, 2.24) is 5.32 Å². The van der Waals surface area contributed by atoms with Gasteiger partial charge in [0, 0.05) is 19.8 Å². The van der Waals surface area contributed by atoms with Gasteiger partial charge in [-0.1, -0.05) is 0 Å². The molecule has 0 saturated carbocycles. The summed E-state index contributed by atoms with van der Waals surface area (Å²) >= 11 is 0. The van der Waals surface area contributed by atoms with Crippen molar-refractivity contribution in [2.45, 2.75) is 119 Å². The molecule has 42 heavy (non-hydrogen) atoms. The monoisotopic (exact) mass is 617 g/mol. The topological polar surface area (TPSA) is 295 Å². The highest BCUT2D eigenvalue weighted by Crippen LogP contribution is 2.37. The van der Waals surface area contributed by atoms with E-state index in [4.69, 9.17) is 23.7 Å². The second-order valence-electron chi connectivity index (χ2n) is 10.4. The first-order chi connectivity index (χ1) is 19.6. The number of amides is 1. The third-order valence-electron chi connectivity index (χ3n) is 7.06. The largest absolute Gasteiger partial charge is 0.477 e. The molecule has 0 aromatic rings. The predicted molar refractivity (Wildman–Crippen MR) is 134 cm³/mol. The van der Waals surface area contributed by atoms with Crippen molar-refractivity contribution in [3.05, 3.63) is 0 Å². The molecule has 18 heteroatoms. The van der Waals surface area contributed by atoms with Crippen LogP contribution in [-0.4, -0.2) is 168 Å². The fourth-order valence-corrected chi connectivity index (χ4v) is 4.71. The van der Waals surface area contributed by atoms with Crippen molar-refractivity contribution in [1.29, 1.82) is 0 Å². The lowest BCUT2D eigenvalue weighted by Crippen LogP contribution is -2.68. The number of rotatable bonds is 15. The van der Waals surface area contributed by atoms with Crippen molar-refractivity contribution in [2.24, 2.45) is 0 Å². The quantitative estimate of drug-likeness (QED) is 0.0764. The maximum absolute atomic E-state index is 12.5. The van der Waals surface area contributed by atoms with Crippen LogP contribution in [-0.2, 0) is 33.3 Å². The van der Waals surface area contributed by atoms with Gasteiger partial charge < -0.3 is 80.1 Å². The molecule has 0 aromatic heterocycles. The summed E-state index contributed by atoms with van der Waals surface area (Å²) in [6.07, 6.45) is -20.1. The molecule has 11 N–H and O–H groups in total. The molecule has 0 aliphatic carbocycles. The zero-order valence-electron chi connectivity index (χ0n) is 23.4. The van der Waals surface area contributed by atoms with E-state index >= 15 is 0 Å². The molecule has 2 rings (SSSR count). The Morgan fingerprint density at radius 1 is 1.00 bits per heavy atom. The van der Waals surface area contributed by atoms with E-state index in [1.165, 1.54) is 13.8 Å². The molecule has 2 aliphatic heterocycles. The van der Waals surface area contributed by atoms with Gasteiger partial charge in [-0.3, -0.25) is 4.79 Å². The SMILES string of the molecule is CC(=O)NC1C(C[C@H](O)CO)O[C@@](OC2C(O)C(CO)OC(O[C@@H](C)C(CO)OC(C)C(O)O)C2O)(C(=O)O)C[C@H]1O. The maximum atomic E-state index is 12.5. The Bertz CT molecular complexity index is 865. The third-order valence-corrected chi connectivity index (χ3v) is 7.06. The lowest BCUT2D eigenvalue weighted by molar-refractivity contribution is -0.370. The van der Waals surface area contributed by atoms with Gasteiger partial charge in [-0.2, -0.15) is 0 Å². The molecule has 13 atom stereocenters. The summed E-state index contributed by atoms with van der Waals surface area (Å²) < 4.78 is 27.7. The number of nitrogens with one attached hydrogen (secondary N) is 1. The highest BCUT2D eigenvalue weighted by molar-refractivity contribution is 5.76. The third kappa shape index (κ3) is 8.96. The predicted octanol–water partition coefficient (Wildman–Crippen LogP) is -5.53. The van der Waals surface area contributed by atoms with Gasteiger partial charge in [-0.25, -0.2) is 4.79 Å². The van der Waals surface area contributed by atoms with Crippen molar-refractivity contribution >= 4 is 11.9 Å². The Labute approximate surface area is 241 Å². The number of hydrogen-bond donors (Lipinski definition) is 11. The van der Waals surface area contributed by atoms with Crippen LogP contribution in [0.5, 0.6) is 0 Å². The zero-order valence-corrected chi connectivity index (χ0v) is 23.4. The van der Waals surface area contributed by atoms with Crippen LogP contribution < -0.4 is 5.32 Å². The van der Waals surface area contributed by atoms with Crippen molar-refractivity contribution in [2.75, 3.05) is 19.8 Å². The van der Waals surface area contributed by atoms with Crippen LogP contribution in [0.4, 0.5) is 0 Å². The Kier molecular flexibility index (Phi) is 13.9. The molecule has 246 valence electrons. The van der Waals surface area contributed by atoms with E-state index in [9.17, 15) is 60.7 Å². The van der Waals surface area contributed by atoms with Crippen LogP contribution >= 0.6 is 0 Å². The minimum Gasteiger partial charge on any atom is -0.477 e. The first-order valence-electron chi connectivity index (χ1n) is 13.3. The molecule has 0 bridgehead atoms. The van der Waals surface area contributed by atoms with Gasteiger partial charge in [0.05, 0.1) is 50.3 Å². The fraction of sp³-hybridized carbons (Fsp3) is 0.917. The lowest BCUT2D eigenvalue weighted by atomic mass is 9.89. The molecule has 2 saturated heterocycles. The highest BCUT2D eigenvalue weighted by Gasteiger charge is 2.58. The molecule has 2 aliphatic rings. The van der Waals surface area contributed by atoms with Gasteiger partial charge in [0.2, 0.25) is 5.91 Å². The highest BCUT2D eigenvalue weighted by atomic mass is 16.8. The van der Waals surface area contributed by atoms with E-state index in [1.54, 1.807) is 0 Å². The van der Waals surface area contributed by atoms with Gasteiger partial charge in [0.1, 0.15) is 36.6 Å². The Balaban J connectivity index is 2.36. The lowest BCUT2D eigenvalue weighted by Gasteiger charge is -2.49. The summed E-state index contributed by atoms with van der Waals surface area (Å²) in [7, 11) is 0. The molecule has 2 fully saturated rings. The Morgan fingerprint density at radius 2 is 1.64 bits per heavy atom. The van der Waals surface area contributed by atoms with Gasteiger partial charge in [-0.15, -0.1) is 0 Å². The second-order valence-corrected chi connectivity index (χ2v) is 10.4. The number of carboxylic acid groups (broad SMARTS) is 1. The van der Waals surface area contributed by atoms with Crippen LogP contribution in [0, 0.1) is 0 Å². The molecule has 0 spiro atoms. The first-order valence-corrected chi connectivity index (χ1v) is 13.3. The zero-order chi connectivity index (χ0) is 31.9. The van der Waals surface area contributed by atoms with E-state index in [0.717, 1.165) is 6.92 Å². The van der Waals surface area contributed by atoms with Crippen LogP contribution in [0.1, 0.15) is 33.6 Å². The van der Waals surface area contributed by atoms with Gasteiger partial charge >= 0.3 is 5.97 Å². The number of carboxylic acids is 1. The van der Waals surface area contributed by atoms with Crippen LogP contribution in [0.3, 0.4) is 0 Å². The minimum atomic E-state index is -2.78. The minimum absolute atomic E-state index is 0.457. The summed E-state index contributed by atoms with van der Waals surface area (Å²) in [6, 6.07) is -1.23. The van der Waals surface area contributed by atoms with Crippen molar-refractivity contribution in [3.8, 4) is 0 Å². The Hall–Kier alpha value is -1.62. The molecule has 0 radical (unpaired) electrons. The summed E-state index contributed by atoms with van der Waals surface area (Å²) in [5, 5.41) is 103. The molecule has 9 unspecified atom stereocenters. The maximum Gasteiger partial charge on any atom is 0.364 e. The number of carbonyl (C=O) groups is 2. The van der Waals surface area contributed by atoms with Crippen molar-refractivity contribution in [3.63, 3.8) is 0 Å². The van der Waals surface area contributed by atoms with Gasteiger partial charge in [0.25, 0.3) is 5.79 Å². The van der Waals surface area contributed by atoms with Crippen molar-refractivity contribution < 1.29 is 84.3 Å². The summed E-state index contributed by atoms with van der Waals surface area (Å²) in [5.74, 6) is -5.20. The number of hydrogen-bond acceptors (Lipinski definition) is 16. The van der Waals surface area contributed by atoms with E-state index in [0.29, 0.717) is 0 Å². The van der Waals surface area contributed by atoms with Crippen LogP contribution in [0.25, 0.3) is 0 Å². The number of aliphatic hydroxyl groups excluding tert-OH is 8. The number of aliphatic hydroxyl groups is 9. The molecule has 18 nitrogen and oxygen atoms in total.